The Morgan fingerprint density at radius 2 is 2.00 bits per heavy atom. The minimum atomic E-state index is -0.353. The Balaban J connectivity index is 1.74. The van der Waals surface area contributed by atoms with Gasteiger partial charge in [0.15, 0.2) is 0 Å². The summed E-state index contributed by atoms with van der Waals surface area (Å²) in [5.74, 6) is 0.539. The smallest absolute Gasteiger partial charge is 0.240 e. The zero-order chi connectivity index (χ0) is 20.5. The minimum Gasteiger partial charge on any atom is -0.497 e. The van der Waals surface area contributed by atoms with Crippen molar-refractivity contribution in [3.8, 4) is 11.8 Å². The van der Waals surface area contributed by atoms with E-state index >= 15 is 0 Å². The largest absolute Gasteiger partial charge is 0.497 e. The maximum absolute atomic E-state index is 12.3. The molecule has 2 aromatic carbocycles. The Labute approximate surface area is 173 Å². The van der Waals surface area contributed by atoms with Crippen LogP contribution in [-0.2, 0) is 4.79 Å². The molecule has 29 heavy (non-hydrogen) atoms. The average Bonchev–Trinajstić information content (AvgIpc) is 3.18. The van der Waals surface area contributed by atoms with Crippen LogP contribution < -0.4 is 4.74 Å². The van der Waals surface area contributed by atoms with Gasteiger partial charge in [-0.15, -0.1) is 0 Å². The molecule has 4 rings (SSSR count). The van der Waals surface area contributed by atoms with Gasteiger partial charge in [-0.25, -0.2) is 9.99 Å². The Hall–Kier alpha value is -3.43. The van der Waals surface area contributed by atoms with Gasteiger partial charge in [-0.3, -0.25) is 4.79 Å². The molecule has 1 aliphatic heterocycles. The number of carbonyl (C=O) groups excluding carboxylic acids is 1. The SMILES string of the molecule is COc1ccc2nc(Cl)c([C@H]3CC(c4ccc(C#N)cc4)=NN3C(C)=O)cc2c1. The Kier molecular flexibility index (Phi) is 4.91. The summed E-state index contributed by atoms with van der Waals surface area (Å²) < 4.78 is 5.30. The van der Waals surface area contributed by atoms with Gasteiger partial charge >= 0.3 is 0 Å². The first-order chi connectivity index (χ1) is 14.0. The molecule has 0 fully saturated rings. The first kappa shape index (κ1) is 18.9. The summed E-state index contributed by atoms with van der Waals surface area (Å²) in [6.07, 6.45) is 0.502. The number of benzene rings is 2. The second-order valence-electron chi connectivity index (χ2n) is 6.75. The first-order valence-electron chi connectivity index (χ1n) is 9.02. The van der Waals surface area contributed by atoms with Gasteiger partial charge in [-0.05, 0) is 42.0 Å². The van der Waals surface area contributed by atoms with Crippen LogP contribution >= 0.6 is 11.6 Å². The number of nitrogens with zero attached hydrogens (tertiary/aromatic N) is 4. The van der Waals surface area contributed by atoms with Crippen molar-refractivity contribution in [3.05, 3.63) is 70.4 Å². The molecule has 1 aliphatic rings. The van der Waals surface area contributed by atoms with Gasteiger partial charge < -0.3 is 4.74 Å². The number of halogens is 1. The van der Waals surface area contributed by atoms with Crippen LogP contribution in [0, 0.1) is 11.3 Å². The molecular weight excluding hydrogens is 388 g/mol. The van der Waals surface area contributed by atoms with Crippen molar-refractivity contribution in [2.45, 2.75) is 19.4 Å². The summed E-state index contributed by atoms with van der Waals surface area (Å²) in [6.45, 7) is 1.48. The zero-order valence-electron chi connectivity index (χ0n) is 15.9. The maximum atomic E-state index is 12.3. The lowest BCUT2D eigenvalue weighted by Crippen LogP contribution is -2.24. The number of carbonyl (C=O) groups is 1. The molecule has 7 heteroatoms. The fourth-order valence-electron chi connectivity index (χ4n) is 3.46. The summed E-state index contributed by atoms with van der Waals surface area (Å²) in [5.41, 5.74) is 3.68. The molecule has 1 aromatic heterocycles. The summed E-state index contributed by atoms with van der Waals surface area (Å²) in [5, 5.41) is 16.2. The second-order valence-corrected chi connectivity index (χ2v) is 7.10. The molecule has 0 aliphatic carbocycles. The molecule has 0 radical (unpaired) electrons. The number of methoxy groups -OCH3 is 1. The van der Waals surface area contributed by atoms with E-state index in [-0.39, 0.29) is 11.9 Å². The van der Waals surface area contributed by atoms with Crippen molar-refractivity contribution in [3.63, 3.8) is 0 Å². The van der Waals surface area contributed by atoms with Gasteiger partial charge in [0.2, 0.25) is 5.91 Å². The predicted octanol–water partition coefficient (Wildman–Crippen LogP) is 4.47. The van der Waals surface area contributed by atoms with Gasteiger partial charge in [0, 0.05) is 24.3 Å². The molecule has 1 amide bonds. The van der Waals surface area contributed by atoms with E-state index < -0.39 is 0 Å². The molecule has 0 saturated heterocycles. The van der Waals surface area contributed by atoms with Gasteiger partial charge in [-0.2, -0.15) is 10.4 Å². The Bertz CT molecular complexity index is 1180. The van der Waals surface area contributed by atoms with Crippen molar-refractivity contribution in [1.82, 2.24) is 9.99 Å². The van der Waals surface area contributed by atoms with Crippen LogP contribution in [0.4, 0.5) is 0 Å². The summed E-state index contributed by atoms with van der Waals surface area (Å²) in [4.78, 5) is 16.8. The molecule has 144 valence electrons. The van der Waals surface area contributed by atoms with E-state index in [0.29, 0.717) is 17.1 Å². The molecule has 1 atom stereocenters. The molecule has 0 bridgehead atoms. The highest BCUT2D eigenvalue weighted by Crippen LogP contribution is 2.37. The Morgan fingerprint density at radius 1 is 1.24 bits per heavy atom. The fourth-order valence-corrected chi connectivity index (χ4v) is 3.73. The van der Waals surface area contributed by atoms with Gasteiger partial charge in [0.05, 0.1) is 36.0 Å². The highest BCUT2D eigenvalue weighted by molar-refractivity contribution is 6.30. The molecule has 0 spiro atoms. The maximum Gasteiger partial charge on any atom is 0.240 e. The summed E-state index contributed by atoms with van der Waals surface area (Å²) in [7, 11) is 1.61. The summed E-state index contributed by atoms with van der Waals surface area (Å²) >= 11 is 6.49. The van der Waals surface area contributed by atoms with Gasteiger partial charge in [0.25, 0.3) is 0 Å². The summed E-state index contributed by atoms with van der Waals surface area (Å²) in [6, 6.07) is 16.4. The second kappa shape index (κ2) is 7.53. The lowest BCUT2D eigenvalue weighted by atomic mass is 9.98. The molecule has 3 aromatic rings. The van der Waals surface area contributed by atoms with Gasteiger partial charge in [0.1, 0.15) is 10.9 Å². The normalized spacial score (nSPS) is 15.9. The number of fused-ring (bicyclic) bond motifs is 1. The lowest BCUT2D eigenvalue weighted by molar-refractivity contribution is -0.130. The van der Waals surface area contributed by atoms with E-state index in [1.807, 2.05) is 36.4 Å². The van der Waals surface area contributed by atoms with E-state index in [1.54, 1.807) is 19.2 Å². The van der Waals surface area contributed by atoms with Crippen molar-refractivity contribution in [2.75, 3.05) is 7.11 Å². The standard InChI is InChI=1S/C22H17ClN4O2/c1-13(28)27-21(11-20(26-27)15-5-3-14(12-24)4-6-15)18-10-16-9-17(29-2)7-8-19(16)25-22(18)23/h3-10,21H,11H2,1-2H3/t21-/m1/s1. The molecule has 0 unspecified atom stereocenters. The van der Waals surface area contributed by atoms with Crippen LogP contribution in [0.2, 0.25) is 5.15 Å². The van der Waals surface area contributed by atoms with E-state index in [1.165, 1.54) is 11.9 Å². The molecular formula is C22H17ClN4O2. The molecule has 0 N–H and O–H groups in total. The van der Waals surface area contributed by atoms with Crippen LogP contribution in [0.25, 0.3) is 10.9 Å². The highest BCUT2D eigenvalue weighted by Gasteiger charge is 2.33. The van der Waals surface area contributed by atoms with Crippen LogP contribution in [0.5, 0.6) is 5.75 Å². The predicted molar refractivity (Wildman–Crippen MR) is 111 cm³/mol. The van der Waals surface area contributed by atoms with Crippen LogP contribution in [0.15, 0.2) is 53.6 Å². The third kappa shape index (κ3) is 3.53. The van der Waals surface area contributed by atoms with E-state index in [9.17, 15) is 4.79 Å². The monoisotopic (exact) mass is 404 g/mol. The topological polar surface area (TPSA) is 78.6 Å². The van der Waals surface area contributed by atoms with Crippen LogP contribution in [-0.4, -0.2) is 28.7 Å². The first-order valence-corrected chi connectivity index (χ1v) is 9.40. The van der Waals surface area contributed by atoms with Crippen molar-refractivity contribution in [2.24, 2.45) is 5.10 Å². The number of hydrogen-bond donors (Lipinski definition) is 0. The van der Waals surface area contributed by atoms with E-state index in [0.717, 1.165) is 33.5 Å². The van der Waals surface area contributed by atoms with Crippen molar-refractivity contribution in [1.29, 1.82) is 5.26 Å². The third-order valence-electron chi connectivity index (χ3n) is 4.94. The van der Waals surface area contributed by atoms with Crippen molar-refractivity contribution < 1.29 is 9.53 Å². The third-order valence-corrected chi connectivity index (χ3v) is 5.24. The number of nitriles is 1. The number of ether oxygens (including phenoxy) is 1. The highest BCUT2D eigenvalue weighted by atomic mass is 35.5. The molecule has 6 nitrogen and oxygen atoms in total. The molecule has 0 saturated carbocycles. The number of pyridine rings is 1. The number of rotatable bonds is 3. The minimum absolute atomic E-state index is 0.180. The quantitative estimate of drug-likeness (QED) is 0.603. The molecule has 2 heterocycles. The Morgan fingerprint density at radius 3 is 2.66 bits per heavy atom. The number of amides is 1. The van der Waals surface area contributed by atoms with Crippen molar-refractivity contribution >= 4 is 34.1 Å². The van der Waals surface area contributed by atoms with Crippen LogP contribution in [0.3, 0.4) is 0 Å². The zero-order valence-corrected chi connectivity index (χ0v) is 16.6. The number of hydrogen-bond acceptors (Lipinski definition) is 5. The average molecular weight is 405 g/mol. The van der Waals surface area contributed by atoms with E-state index in [4.69, 9.17) is 21.6 Å². The number of aromatic nitrogens is 1. The number of hydrazone groups is 1. The van der Waals surface area contributed by atoms with Crippen LogP contribution in [0.1, 0.15) is 36.1 Å². The van der Waals surface area contributed by atoms with E-state index in [2.05, 4.69) is 16.2 Å². The fraction of sp³-hybridized carbons (Fsp3) is 0.182. The lowest BCUT2D eigenvalue weighted by Gasteiger charge is -2.21. The van der Waals surface area contributed by atoms with Gasteiger partial charge in [-0.1, -0.05) is 23.7 Å².